The number of likely N-dealkylation sites (tertiary alicyclic amines) is 1. The van der Waals surface area contributed by atoms with Gasteiger partial charge in [-0.05, 0) is 50.4 Å². The van der Waals surface area contributed by atoms with Gasteiger partial charge in [-0.25, -0.2) is 0 Å². The molecule has 2 aromatic rings. The highest BCUT2D eigenvalue weighted by Gasteiger charge is 2.33. The largest absolute Gasteiger partial charge is 0.496 e. The normalized spacial score (nSPS) is 18.6. The number of rotatable bonds is 6. The number of aryl methyl sites for hydroxylation is 1. The van der Waals surface area contributed by atoms with Crippen molar-refractivity contribution in [3.05, 3.63) is 59.4 Å². The van der Waals surface area contributed by atoms with Crippen LogP contribution in [0.5, 0.6) is 5.75 Å². The number of hydrogen-bond acceptors (Lipinski definition) is 4. The highest BCUT2D eigenvalue weighted by Crippen LogP contribution is 2.32. The van der Waals surface area contributed by atoms with E-state index in [1.54, 1.807) is 7.11 Å². The van der Waals surface area contributed by atoms with Crippen LogP contribution in [0.15, 0.2) is 42.6 Å². The Hall–Kier alpha value is -2.40. The van der Waals surface area contributed by atoms with Gasteiger partial charge in [0, 0.05) is 30.3 Å². The molecule has 2 atom stereocenters. The maximum atomic E-state index is 12.8. The first-order valence-corrected chi connectivity index (χ1v) is 10.9. The second-order valence-corrected chi connectivity index (χ2v) is 9.41. The van der Waals surface area contributed by atoms with Crippen LogP contribution in [0.4, 0.5) is 0 Å². The van der Waals surface area contributed by atoms with Crippen molar-refractivity contribution in [2.24, 2.45) is 11.3 Å². The number of benzene rings is 1. The summed E-state index contributed by atoms with van der Waals surface area (Å²) in [5.41, 5.74) is 2.96. The molecule has 162 valence electrons. The molecule has 0 bridgehead atoms. The van der Waals surface area contributed by atoms with Gasteiger partial charge in [-0.2, -0.15) is 0 Å². The van der Waals surface area contributed by atoms with Crippen LogP contribution in [-0.4, -0.2) is 36.0 Å². The van der Waals surface area contributed by atoms with Crippen LogP contribution in [0.2, 0.25) is 0 Å². The van der Waals surface area contributed by atoms with Crippen molar-refractivity contribution < 1.29 is 9.53 Å². The molecule has 5 nitrogen and oxygen atoms in total. The molecule has 1 aliphatic rings. The average Bonchev–Trinajstić information content (AvgIpc) is 2.72. The minimum atomic E-state index is -0.434. The first kappa shape index (κ1) is 22.3. The van der Waals surface area contributed by atoms with E-state index in [9.17, 15) is 4.79 Å². The first-order valence-electron chi connectivity index (χ1n) is 10.9. The smallest absolute Gasteiger partial charge is 0.225 e. The number of nitrogens with one attached hydrogen (secondary N) is 1. The van der Waals surface area contributed by atoms with E-state index in [1.807, 2.05) is 51.2 Å². The fourth-order valence-corrected chi connectivity index (χ4v) is 4.13. The number of carbonyl (C=O) groups excluding carboxylic acids is 1. The van der Waals surface area contributed by atoms with Crippen molar-refractivity contribution in [3.8, 4) is 5.75 Å². The van der Waals surface area contributed by atoms with Gasteiger partial charge in [0.25, 0.3) is 0 Å². The van der Waals surface area contributed by atoms with E-state index in [4.69, 9.17) is 4.74 Å². The van der Waals surface area contributed by atoms with Gasteiger partial charge in [-0.15, -0.1) is 0 Å². The molecule has 30 heavy (non-hydrogen) atoms. The number of nitrogens with zero attached hydrogens (tertiary/aromatic N) is 2. The average molecular weight is 410 g/mol. The van der Waals surface area contributed by atoms with Gasteiger partial charge < -0.3 is 10.1 Å². The highest BCUT2D eigenvalue weighted by atomic mass is 16.5. The molecular formula is C25H35N3O2. The Kier molecular flexibility index (Phi) is 7.14. The molecule has 1 amide bonds. The van der Waals surface area contributed by atoms with Gasteiger partial charge in [-0.1, -0.05) is 44.5 Å². The molecule has 1 aliphatic heterocycles. The molecule has 0 radical (unpaired) electrons. The van der Waals surface area contributed by atoms with Crippen LogP contribution in [0.25, 0.3) is 0 Å². The lowest BCUT2D eigenvalue weighted by molar-refractivity contribution is -0.130. The lowest BCUT2D eigenvalue weighted by Gasteiger charge is -2.38. The fourth-order valence-electron chi connectivity index (χ4n) is 4.13. The second-order valence-electron chi connectivity index (χ2n) is 9.41. The minimum absolute atomic E-state index is 0.0654. The third kappa shape index (κ3) is 5.60. The summed E-state index contributed by atoms with van der Waals surface area (Å²) < 4.78 is 5.58. The van der Waals surface area contributed by atoms with Crippen molar-refractivity contribution in [2.75, 3.05) is 20.2 Å². The van der Waals surface area contributed by atoms with Crippen molar-refractivity contribution in [1.82, 2.24) is 15.2 Å². The van der Waals surface area contributed by atoms with Crippen LogP contribution in [0.1, 0.15) is 56.5 Å². The zero-order valence-electron chi connectivity index (χ0n) is 18.9. The SMILES string of the molecule is COc1ccc(C)cc1CN1CCCC(C(NC(=O)C(C)(C)C)c2ccccn2)C1. The lowest BCUT2D eigenvalue weighted by atomic mass is 9.86. The van der Waals surface area contributed by atoms with Crippen LogP contribution in [0, 0.1) is 18.3 Å². The molecule has 1 fully saturated rings. The molecule has 1 N–H and O–H groups in total. The number of amides is 1. The van der Waals surface area contributed by atoms with E-state index in [2.05, 4.69) is 34.3 Å². The molecule has 0 aliphatic carbocycles. The maximum absolute atomic E-state index is 12.8. The summed E-state index contributed by atoms with van der Waals surface area (Å²) in [6, 6.07) is 12.2. The van der Waals surface area contributed by atoms with E-state index < -0.39 is 5.41 Å². The summed E-state index contributed by atoms with van der Waals surface area (Å²) in [5, 5.41) is 3.31. The summed E-state index contributed by atoms with van der Waals surface area (Å²) in [4.78, 5) is 19.9. The van der Waals surface area contributed by atoms with Gasteiger partial charge in [0.2, 0.25) is 5.91 Å². The topological polar surface area (TPSA) is 54.5 Å². The van der Waals surface area contributed by atoms with Gasteiger partial charge in [0.1, 0.15) is 5.75 Å². The summed E-state index contributed by atoms with van der Waals surface area (Å²) in [7, 11) is 1.73. The Labute approximate surface area is 180 Å². The van der Waals surface area contributed by atoms with Crippen LogP contribution in [-0.2, 0) is 11.3 Å². The zero-order chi connectivity index (χ0) is 21.7. The first-order chi connectivity index (χ1) is 14.3. The number of hydrogen-bond donors (Lipinski definition) is 1. The standard InChI is InChI=1S/C25H35N3O2/c1-18-11-12-22(30-5)20(15-18)17-28-14-8-9-19(16-28)23(21-10-6-7-13-26-21)27-24(29)25(2,3)4/h6-7,10-13,15,19,23H,8-9,14,16-17H2,1-5H3,(H,27,29). The summed E-state index contributed by atoms with van der Waals surface area (Å²) in [5.74, 6) is 1.32. The lowest BCUT2D eigenvalue weighted by Crippen LogP contribution is -2.45. The van der Waals surface area contributed by atoms with E-state index in [1.165, 1.54) is 11.1 Å². The van der Waals surface area contributed by atoms with Crippen molar-refractivity contribution in [2.45, 2.75) is 53.1 Å². The molecule has 1 aromatic heterocycles. The zero-order valence-corrected chi connectivity index (χ0v) is 18.9. The Bertz CT molecular complexity index is 845. The number of piperidine rings is 1. The number of methoxy groups -OCH3 is 1. The minimum Gasteiger partial charge on any atom is -0.496 e. The monoisotopic (exact) mass is 409 g/mol. The van der Waals surface area contributed by atoms with Crippen molar-refractivity contribution >= 4 is 5.91 Å². The third-order valence-electron chi connectivity index (χ3n) is 5.82. The van der Waals surface area contributed by atoms with Crippen LogP contribution < -0.4 is 10.1 Å². The number of carbonyl (C=O) groups is 1. The van der Waals surface area contributed by atoms with Gasteiger partial charge >= 0.3 is 0 Å². The quantitative estimate of drug-likeness (QED) is 0.762. The van der Waals surface area contributed by atoms with Gasteiger partial charge in [0.05, 0.1) is 18.8 Å². The van der Waals surface area contributed by atoms with Crippen molar-refractivity contribution in [3.63, 3.8) is 0 Å². The van der Waals surface area contributed by atoms with E-state index >= 15 is 0 Å². The summed E-state index contributed by atoms with van der Waals surface area (Å²) >= 11 is 0. The molecule has 1 saturated heterocycles. The maximum Gasteiger partial charge on any atom is 0.225 e. The molecule has 5 heteroatoms. The molecule has 3 rings (SSSR count). The Morgan fingerprint density at radius 2 is 2.10 bits per heavy atom. The molecular weight excluding hydrogens is 374 g/mol. The number of pyridine rings is 1. The molecule has 0 spiro atoms. The van der Waals surface area contributed by atoms with Crippen LogP contribution >= 0.6 is 0 Å². The summed E-state index contributed by atoms with van der Waals surface area (Å²) in [6.07, 6.45) is 3.99. The molecule has 2 unspecified atom stereocenters. The summed E-state index contributed by atoms with van der Waals surface area (Å²) in [6.45, 7) is 10.8. The Morgan fingerprint density at radius 1 is 1.30 bits per heavy atom. The van der Waals surface area contributed by atoms with E-state index in [-0.39, 0.29) is 11.9 Å². The Morgan fingerprint density at radius 3 is 2.77 bits per heavy atom. The second kappa shape index (κ2) is 9.61. The Balaban J connectivity index is 1.79. The number of ether oxygens (including phenoxy) is 1. The van der Waals surface area contributed by atoms with Gasteiger partial charge in [0.15, 0.2) is 0 Å². The molecule has 1 aromatic carbocycles. The van der Waals surface area contributed by atoms with Crippen molar-refractivity contribution in [1.29, 1.82) is 0 Å². The number of aromatic nitrogens is 1. The molecule has 2 heterocycles. The predicted molar refractivity (Wildman–Crippen MR) is 120 cm³/mol. The predicted octanol–water partition coefficient (Wildman–Crippen LogP) is 4.51. The highest BCUT2D eigenvalue weighted by molar-refractivity contribution is 5.81. The van der Waals surface area contributed by atoms with E-state index in [0.717, 1.165) is 43.9 Å². The molecule has 0 saturated carbocycles. The fraction of sp³-hybridized carbons (Fsp3) is 0.520. The van der Waals surface area contributed by atoms with Crippen LogP contribution in [0.3, 0.4) is 0 Å². The van der Waals surface area contributed by atoms with Gasteiger partial charge in [-0.3, -0.25) is 14.7 Å². The van der Waals surface area contributed by atoms with E-state index in [0.29, 0.717) is 5.92 Å². The third-order valence-corrected chi connectivity index (χ3v) is 5.82.